The number of aromatic nitrogens is 5. The van der Waals surface area contributed by atoms with Crippen molar-refractivity contribution >= 4 is 92.9 Å². The van der Waals surface area contributed by atoms with Crippen LogP contribution in [0.25, 0.3) is 21.4 Å². The number of halogens is 3. The first-order valence-corrected chi connectivity index (χ1v) is 14.3. The lowest BCUT2D eigenvalue weighted by Gasteiger charge is -2.17. The summed E-state index contributed by atoms with van der Waals surface area (Å²) in [5.74, 6) is 0.500. The topological polar surface area (TPSA) is 127 Å². The van der Waals surface area contributed by atoms with E-state index in [1.54, 1.807) is 4.57 Å². The van der Waals surface area contributed by atoms with E-state index in [0.717, 1.165) is 14.6 Å². The predicted molar refractivity (Wildman–Crippen MR) is 135 cm³/mol. The predicted octanol–water partition coefficient (Wildman–Crippen LogP) is 5.46. The molecule has 4 aromatic rings. The molecule has 0 spiro atoms. The number of benzene rings is 1. The molecule has 34 heavy (non-hydrogen) atoms. The van der Waals surface area contributed by atoms with E-state index in [1.165, 1.54) is 29.4 Å². The largest absolute Gasteiger partial charge is 0.474 e. The van der Waals surface area contributed by atoms with Gasteiger partial charge in [-0.15, -0.1) is 34.5 Å². The number of fused-ring (bicyclic) bond motifs is 2. The third-order valence-electron chi connectivity index (χ3n) is 4.27. The third-order valence-corrected chi connectivity index (χ3v) is 8.66. The van der Waals surface area contributed by atoms with Crippen molar-refractivity contribution in [1.82, 2.24) is 24.5 Å². The Morgan fingerprint density at radius 1 is 1.09 bits per heavy atom. The molecule has 0 unspecified atom stereocenters. The Labute approximate surface area is 217 Å². The standard InChI is InChI=1S/C18H18Cl3N6O4PS2/c19-4-7-29-32(28,30-8-5-20)31-9-6-27-16-13(15(22)23-10-24-16)26-17(27)34-18-25-12-3-1-2-11(21)14(12)33-18/h1-3,10H,4-9H2,(H2,22,23,24). The molecule has 182 valence electrons. The minimum atomic E-state index is -3.84. The van der Waals surface area contributed by atoms with Crippen molar-refractivity contribution in [3.63, 3.8) is 0 Å². The van der Waals surface area contributed by atoms with Crippen molar-refractivity contribution in [2.75, 3.05) is 37.3 Å². The molecule has 0 radical (unpaired) electrons. The molecule has 1 aromatic carbocycles. The number of phosphoric acid groups is 1. The highest BCUT2D eigenvalue weighted by Gasteiger charge is 2.27. The summed E-state index contributed by atoms with van der Waals surface area (Å²) in [6, 6.07) is 5.55. The molecule has 0 saturated carbocycles. The molecule has 3 aromatic heterocycles. The molecule has 0 saturated heterocycles. The van der Waals surface area contributed by atoms with Crippen LogP contribution in [-0.2, 0) is 24.7 Å². The van der Waals surface area contributed by atoms with E-state index in [4.69, 9.17) is 54.1 Å². The van der Waals surface area contributed by atoms with Crippen LogP contribution in [0.3, 0.4) is 0 Å². The summed E-state index contributed by atoms with van der Waals surface area (Å²) in [5.41, 5.74) is 7.73. The Morgan fingerprint density at radius 3 is 2.53 bits per heavy atom. The summed E-state index contributed by atoms with van der Waals surface area (Å²) < 4.78 is 32.1. The second-order valence-electron chi connectivity index (χ2n) is 6.47. The van der Waals surface area contributed by atoms with Gasteiger partial charge in [-0.3, -0.25) is 13.6 Å². The monoisotopic (exact) mass is 582 g/mol. The average molecular weight is 584 g/mol. The Hall–Kier alpha value is -1.21. The van der Waals surface area contributed by atoms with Crippen LogP contribution in [0.4, 0.5) is 5.82 Å². The number of thiazole rings is 1. The third kappa shape index (κ3) is 5.95. The second kappa shape index (κ2) is 11.7. The molecule has 0 aliphatic heterocycles. The van der Waals surface area contributed by atoms with E-state index in [0.29, 0.717) is 21.3 Å². The number of nitrogens with two attached hydrogens (primary N) is 1. The van der Waals surface area contributed by atoms with Crippen LogP contribution >= 0.6 is 65.7 Å². The Balaban J connectivity index is 1.59. The lowest BCUT2D eigenvalue weighted by atomic mass is 10.3. The Kier molecular flexibility index (Phi) is 8.89. The van der Waals surface area contributed by atoms with E-state index in [1.807, 2.05) is 18.2 Å². The summed E-state index contributed by atoms with van der Waals surface area (Å²) in [6.07, 6.45) is 1.35. The van der Waals surface area contributed by atoms with Crippen molar-refractivity contribution in [1.29, 1.82) is 0 Å². The molecule has 0 atom stereocenters. The first-order chi connectivity index (χ1) is 16.4. The molecule has 4 rings (SSSR count). The molecule has 0 amide bonds. The number of anilines is 1. The van der Waals surface area contributed by atoms with Gasteiger partial charge in [-0.05, 0) is 23.9 Å². The fourth-order valence-corrected chi connectivity index (χ4v) is 6.76. The Morgan fingerprint density at radius 2 is 1.82 bits per heavy atom. The average Bonchev–Trinajstić information content (AvgIpc) is 3.40. The van der Waals surface area contributed by atoms with Gasteiger partial charge < -0.3 is 10.3 Å². The fourth-order valence-electron chi connectivity index (χ4n) is 2.88. The van der Waals surface area contributed by atoms with Crippen LogP contribution in [0, 0.1) is 0 Å². The Bertz CT molecular complexity index is 1330. The number of phosphoric ester groups is 1. The van der Waals surface area contributed by atoms with Crippen LogP contribution in [0.15, 0.2) is 34.0 Å². The zero-order valence-electron chi connectivity index (χ0n) is 17.4. The number of rotatable bonds is 12. The van der Waals surface area contributed by atoms with Gasteiger partial charge in [0.1, 0.15) is 6.33 Å². The van der Waals surface area contributed by atoms with E-state index < -0.39 is 7.82 Å². The van der Waals surface area contributed by atoms with Crippen LogP contribution in [-0.4, -0.2) is 56.1 Å². The number of nitrogens with zero attached hydrogens (tertiary/aromatic N) is 5. The molecular formula is C18H18Cl3N6O4PS2. The lowest BCUT2D eigenvalue weighted by Crippen LogP contribution is -2.10. The van der Waals surface area contributed by atoms with Crippen LogP contribution in [0.5, 0.6) is 0 Å². The van der Waals surface area contributed by atoms with E-state index in [9.17, 15) is 4.57 Å². The molecular weight excluding hydrogens is 566 g/mol. The van der Waals surface area contributed by atoms with Gasteiger partial charge >= 0.3 is 7.82 Å². The maximum atomic E-state index is 12.8. The SMILES string of the molecule is Nc1ncnc2c1nc(Sc1nc3cccc(Cl)c3s1)n2CCOP(=O)(OCCCl)OCCCl. The molecule has 3 heterocycles. The van der Waals surface area contributed by atoms with Crippen molar-refractivity contribution in [3.05, 3.63) is 29.5 Å². The van der Waals surface area contributed by atoms with Crippen LogP contribution in [0.1, 0.15) is 0 Å². The zero-order valence-corrected chi connectivity index (χ0v) is 22.2. The van der Waals surface area contributed by atoms with Gasteiger partial charge in [0.2, 0.25) is 0 Å². The summed E-state index contributed by atoms with van der Waals surface area (Å²) in [6.45, 7) is 0.191. The number of hydrogen-bond donors (Lipinski definition) is 1. The maximum Gasteiger partial charge on any atom is 0.474 e. The number of imidazole rings is 1. The highest BCUT2D eigenvalue weighted by atomic mass is 35.5. The van der Waals surface area contributed by atoms with Gasteiger partial charge in [-0.25, -0.2) is 24.5 Å². The van der Waals surface area contributed by atoms with Gasteiger partial charge in [-0.2, -0.15) is 0 Å². The second-order valence-corrected chi connectivity index (χ2v) is 11.5. The summed E-state index contributed by atoms with van der Waals surface area (Å²) in [5, 5.41) is 1.18. The van der Waals surface area contributed by atoms with Crippen molar-refractivity contribution in [2.24, 2.45) is 0 Å². The number of alkyl halides is 2. The first kappa shape index (κ1) is 25.9. The molecule has 0 bridgehead atoms. The van der Waals surface area contributed by atoms with Gasteiger partial charge in [0.15, 0.2) is 26.5 Å². The molecule has 0 fully saturated rings. The summed E-state index contributed by atoms with van der Waals surface area (Å²) in [4.78, 5) is 17.6. The molecule has 0 aliphatic carbocycles. The number of nitrogen functional groups attached to an aromatic ring is 1. The highest BCUT2D eigenvalue weighted by molar-refractivity contribution is 8.01. The van der Waals surface area contributed by atoms with Crippen molar-refractivity contribution in [2.45, 2.75) is 16.0 Å². The van der Waals surface area contributed by atoms with Gasteiger partial charge in [0.25, 0.3) is 0 Å². The maximum absolute atomic E-state index is 12.8. The van der Waals surface area contributed by atoms with E-state index >= 15 is 0 Å². The van der Waals surface area contributed by atoms with Crippen molar-refractivity contribution < 1.29 is 18.1 Å². The van der Waals surface area contributed by atoms with Crippen molar-refractivity contribution in [3.8, 4) is 0 Å². The van der Waals surface area contributed by atoms with Crippen LogP contribution in [0.2, 0.25) is 5.02 Å². The molecule has 0 aliphatic rings. The van der Waals surface area contributed by atoms with Crippen LogP contribution < -0.4 is 5.73 Å². The van der Waals surface area contributed by atoms with Gasteiger partial charge in [0, 0.05) is 11.8 Å². The molecule has 16 heteroatoms. The fraction of sp³-hybridized carbons (Fsp3) is 0.333. The highest BCUT2D eigenvalue weighted by Crippen LogP contribution is 2.49. The van der Waals surface area contributed by atoms with Gasteiger partial charge in [-0.1, -0.05) is 17.7 Å². The molecule has 2 N–H and O–H groups in total. The van der Waals surface area contributed by atoms with Gasteiger partial charge in [0.05, 0.1) is 41.6 Å². The number of hydrogen-bond acceptors (Lipinski definition) is 11. The minimum Gasteiger partial charge on any atom is -0.382 e. The minimum absolute atomic E-state index is 0.000150. The summed E-state index contributed by atoms with van der Waals surface area (Å²) >= 11 is 20.3. The first-order valence-electron chi connectivity index (χ1n) is 9.79. The zero-order chi connectivity index (χ0) is 24.1. The van der Waals surface area contributed by atoms with E-state index in [2.05, 4.69) is 19.9 Å². The molecule has 10 nitrogen and oxygen atoms in total. The quantitative estimate of drug-likeness (QED) is 0.170. The lowest BCUT2D eigenvalue weighted by molar-refractivity contribution is 0.119. The summed E-state index contributed by atoms with van der Waals surface area (Å²) in [7, 11) is -3.84. The van der Waals surface area contributed by atoms with E-state index in [-0.39, 0.29) is 43.9 Å². The normalized spacial score (nSPS) is 12.2. The smallest absolute Gasteiger partial charge is 0.382 e.